The van der Waals surface area contributed by atoms with E-state index in [1.165, 1.54) is 180 Å². The smallest absolute Gasteiger partial charge is 0.220 e. The standard InChI is InChI=1S/C75H133NO13/c1-3-5-7-9-11-13-15-17-19-21-23-25-27-28-29-30-31-32-33-34-35-37-38-40-42-44-46-48-50-52-54-56-58-64(79)63(62-86-74-72(85)70(83)73(66(61-78)88-74)89-75-71(84)69(82)68(81)65(60-77)87-75)76-67(80)59-57-55-53-51-49-47-45-43-41-39-36-26-24-22-20-18-16-14-12-10-8-6-4-2/h6,8,12,14,18,20,24,26,40,42,48,50,56,58,63-66,68-75,77-79,81-85H,3-5,7,9-11,13,15-17,19,21-23,25,27-39,41,43-47,49,51-55,57,59-62H2,1-2H3,(H,76,80)/b8-6-,14-12-,20-18-,26-24-,42-40+,50-48+,58-56+. The number of amides is 1. The van der Waals surface area contributed by atoms with Crippen LogP contribution in [0.25, 0.3) is 0 Å². The number of unbranched alkanes of at least 4 members (excludes halogenated alkanes) is 34. The van der Waals surface area contributed by atoms with Gasteiger partial charge in [0.2, 0.25) is 5.91 Å². The number of aliphatic hydroxyl groups excluding tert-OH is 8. The fraction of sp³-hybridized carbons (Fsp3) is 0.800. The van der Waals surface area contributed by atoms with E-state index in [0.717, 1.165) is 77.0 Å². The fourth-order valence-electron chi connectivity index (χ4n) is 11.6. The second-order valence-electron chi connectivity index (χ2n) is 25.3. The second-order valence-corrected chi connectivity index (χ2v) is 25.3. The van der Waals surface area contributed by atoms with Crippen LogP contribution in [-0.2, 0) is 23.7 Å². The van der Waals surface area contributed by atoms with Crippen LogP contribution in [0.1, 0.15) is 290 Å². The monoisotopic (exact) mass is 1260 g/mol. The van der Waals surface area contributed by atoms with Gasteiger partial charge in [-0.1, -0.05) is 285 Å². The van der Waals surface area contributed by atoms with Crippen LogP contribution in [0.5, 0.6) is 0 Å². The van der Waals surface area contributed by atoms with E-state index in [-0.39, 0.29) is 18.9 Å². The molecule has 516 valence electrons. The normalized spacial score (nSPS) is 23.5. The maximum absolute atomic E-state index is 13.3. The van der Waals surface area contributed by atoms with Crippen LogP contribution in [-0.4, -0.2) is 140 Å². The highest BCUT2D eigenvalue weighted by Gasteiger charge is 2.51. The van der Waals surface area contributed by atoms with E-state index in [4.69, 9.17) is 18.9 Å². The third-order valence-corrected chi connectivity index (χ3v) is 17.3. The Labute approximate surface area is 541 Å². The summed E-state index contributed by atoms with van der Waals surface area (Å²) in [5.74, 6) is -0.259. The Morgan fingerprint density at radius 2 is 0.787 bits per heavy atom. The number of ether oxygens (including phenoxy) is 4. The van der Waals surface area contributed by atoms with Crippen molar-refractivity contribution in [2.24, 2.45) is 0 Å². The van der Waals surface area contributed by atoms with Gasteiger partial charge >= 0.3 is 0 Å². The number of nitrogens with one attached hydrogen (secondary N) is 1. The zero-order valence-electron chi connectivity index (χ0n) is 56.2. The van der Waals surface area contributed by atoms with Crippen molar-refractivity contribution in [1.82, 2.24) is 5.32 Å². The molecule has 2 aliphatic heterocycles. The van der Waals surface area contributed by atoms with E-state index >= 15 is 0 Å². The minimum Gasteiger partial charge on any atom is -0.394 e. The molecular weight excluding hydrogens is 1120 g/mol. The quantitative estimate of drug-likeness (QED) is 0.0204. The van der Waals surface area contributed by atoms with Crippen molar-refractivity contribution in [1.29, 1.82) is 0 Å². The summed E-state index contributed by atoms with van der Waals surface area (Å²) in [6.07, 6.45) is 65.1. The molecule has 9 N–H and O–H groups in total. The van der Waals surface area contributed by atoms with Crippen molar-refractivity contribution in [2.45, 2.75) is 364 Å². The third-order valence-electron chi connectivity index (χ3n) is 17.3. The van der Waals surface area contributed by atoms with Crippen LogP contribution in [0.4, 0.5) is 0 Å². The maximum Gasteiger partial charge on any atom is 0.220 e. The molecule has 1 amide bonds. The Kier molecular flexibility index (Phi) is 54.5. The Hall–Kier alpha value is -2.83. The molecular formula is C75H133NO13. The molecule has 2 heterocycles. The summed E-state index contributed by atoms with van der Waals surface area (Å²) in [4.78, 5) is 13.3. The molecule has 0 aromatic heterocycles. The van der Waals surface area contributed by atoms with Gasteiger partial charge in [0.05, 0.1) is 32.0 Å². The van der Waals surface area contributed by atoms with Gasteiger partial charge in [-0.2, -0.15) is 0 Å². The first-order chi connectivity index (χ1) is 43.6. The zero-order chi connectivity index (χ0) is 64.5. The van der Waals surface area contributed by atoms with Gasteiger partial charge in [-0.05, 0) is 83.5 Å². The number of carbonyl (C=O) groups is 1. The van der Waals surface area contributed by atoms with E-state index in [2.05, 4.69) is 92.1 Å². The average molecular weight is 1260 g/mol. The lowest BCUT2D eigenvalue weighted by Crippen LogP contribution is -2.65. The predicted octanol–water partition coefficient (Wildman–Crippen LogP) is 15.2. The van der Waals surface area contributed by atoms with Crippen molar-refractivity contribution in [3.05, 3.63) is 85.1 Å². The van der Waals surface area contributed by atoms with E-state index in [1.807, 2.05) is 6.08 Å². The fourth-order valence-corrected chi connectivity index (χ4v) is 11.6. The van der Waals surface area contributed by atoms with Crippen molar-refractivity contribution in [2.75, 3.05) is 19.8 Å². The van der Waals surface area contributed by atoms with Gasteiger partial charge in [0.25, 0.3) is 0 Å². The van der Waals surface area contributed by atoms with Gasteiger partial charge in [-0.25, -0.2) is 0 Å². The van der Waals surface area contributed by atoms with E-state index < -0.39 is 86.8 Å². The lowest BCUT2D eigenvalue weighted by atomic mass is 9.97. The third kappa shape index (κ3) is 42.9. The first kappa shape index (κ1) is 82.3. The number of allylic oxidation sites excluding steroid dienone is 13. The lowest BCUT2D eigenvalue weighted by Gasteiger charge is -2.46. The molecule has 14 nitrogen and oxygen atoms in total. The molecule has 0 aromatic rings. The van der Waals surface area contributed by atoms with Gasteiger partial charge in [0.1, 0.15) is 48.8 Å². The van der Waals surface area contributed by atoms with Gasteiger partial charge < -0.3 is 65.1 Å². The summed E-state index contributed by atoms with van der Waals surface area (Å²) in [6, 6.07) is -0.947. The largest absolute Gasteiger partial charge is 0.394 e. The van der Waals surface area contributed by atoms with Crippen molar-refractivity contribution in [3.63, 3.8) is 0 Å². The first-order valence-electron chi connectivity index (χ1n) is 36.3. The molecule has 2 fully saturated rings. The van der Waals surface area contributed by atoms with Crippen LogP contribution in [0.15, 0.2) is 85.1 Å². The minimum atomic E-state index is -1.80. The highest BCUT2D eigenvalue weighted by Crippen LogP contribution is 2.30. The topological polar surface area (TPSA) is 228 Å². The Balaban J connectivity index is 1.69. The number of aliphatic hydroxyl groups is 8. The van der Waals surface area contributed by atoms with Gasteiger partial charge in [-0.15, -0.1) is 0 Å². The predicted molar refractivity (Wildman–Crippen MR) is 364 cm³/mol. The highest BCUT2D eigenvalue weighted by atomic mass is 16.7. The van der Waals surface area contributed by atoms with Crippen LogP contribution < -0.4 is 5.32 Å². The van der Waals surface area contributed by atoms with Crippen molar-refractivity contribution >= 4 is 5.91 Å². The second kappa shape index (κ2) is 59.0. The molecule has 0 saturated carbocycles. The van der Waals surface area contributed by atoms with Gasteiger partial charge in [0.15, 0.2) is 12.6 Å². The van der Waals surface area contributed by atoms with E-state index in [0.29, 0.717) is 12.8 Å². The summed E-state index contributed by atoms with van der Waals surface area (Å²) in [5, 5.41) is 87.4. The van der Waals surface area contributed by atoms with Crippen LogP contribution in [0.2, 0.25) is 0 Å². The van der Waals surface area contributed by atoms with Crippen molar-refractivity contribution < 1.29 is 64.6 Å². The molecule has 0 bridgehead atoms. The molecule has 12 unspecified atom stereocenters. The van der Waals surface area contributed by atoms with Crippen LogP contribution in [0, 0.1) is 0 Å². The summed E-state index contributed by atoms with van der Waals surface area (Å²) < 4.78 is 22.8. The van der Waals surface area contributed by atoms with E-state index in [1.54, 1.807) is 6.08 Å². The Bertz CT molecular complexity index is 1820. The number of rotatable bonds is 59. The summed E-state index contributed by atoms with van der Waals surface area (Å²) in [6.45, 7) is 2.69. The van der Waals surface area contributed by atoms with Crippen molar-refractivity contribution in [3.8, 4) is 0 Å². The number of hydrogen-bond acceptors (Lipinski definition) is 13. The molecule has 89 heavy (non-hydrogen) atoms. The average Bonchev–Trinajstić information content (AvgIpc) is 3.63. The summed E-state index contributed by atoms with van der Waals surface area (Å²) in [7, 11) is 0. The first-order valence-corrected chi connectivity index (χ1v) is 36.3. The van der Waals surface area contributed by atoms with Gasteiger partial charge in [-0.3, -0.25) is 4.79 Å². The van der Waals surface area contributed by atoms with Crippen LogP contribution in [0.3, 0.4) is 0 Å². The maximum atomic E-state index is 13.3. The molecule has 0 aromatic carbocycles. The molecule has 14 heteroatoms. The van der Waals surface area contributed by atoms with Gasteiger partial charge in [0, 0.05) is 6.42 Å². The molecule has 2 rings (SSSR count). The van der Waals surface area contributed by atoms with Crippen LogP contribution >= 0.6 is 0 Å². The number of carbonyl (C=O) groups excluding carboxylic acids is 1. The highest BCUT2D eigenvalue weighted by molar-refractivity contribution is 5.76. The lowest BCUT2D eigenvalue weighted by molar-refractivity contribution is -0.359. The molecule has 2 aliphatic rings. The number of hydrogen-bond donors (Lipinski definition) is 9. The molecule has 0 spiro atoms. The zero-order valence-corrected chi connectivity index (χ0v) is 56.2. The molecule has 0 aliphatic carbocycles. The molecule has 12 atom stereocenters. The Morgan fingerprint density at radius 3 is 1.24 bits per heavy atom. The summed E-state index contributed by atoms with van der Waals surface area (Å²) >= 11 is 0. The molecule has 0 radical (unpaired) electrons. The SMILES string of the molecule is CC/C=C\C/C=C\C/C=C\C/C=C\CCCCCCCCCCCCC(=O)NC(COC1OC(CO)C(OC2OC(CO)C(O)C(O)C2O)C(O)C1O)C(O)/C=C/CC/C=C/CC/C=C/CCCCCCCCCCCCCCCCCCCCCCCC. The minimum absolute atomic E-state index is 0.259. The summed E-state index contributed by atoms with van der Waals surface area (Å²) in [5.41, 5.74) is 0. The Morgan fingerprint density at radius 1 is 0.416 bits per heavy atom. The van der Waals surface area contributed by atoms with E-state index in [9.17, 15) is 45.6 Å². The molecule has 2 saturated heterocycles.